The van der Waals surface area contributed by atoms with Gasteiger partial charge in [-0.05, 0) is 39.8 Å². The molecule has 1 atom stereocenters. The molecule has 100 valence electrons. The average molecular weight is 241 g/mol. The van der Waals surface area contributed by atoms with Crippen LogP contribution in [0.4, 0.5) is 0 Å². The third-order valence-corrected chi connectivity index (χ3v) is 3.88. The van der Waals surface area contributed by atoms with E-state index in [-0.39, 0.29) is 5.54 Å². The van der Waals surface area contributed by atoms with Crippen molar-refractivity contribution in [2.24, 2.45) is 5.73 Å². The van der Waals surface area contributed by atoms with Crippen LogP contribution in [0, 0.1) is 0 Å². The van der Waals surface area contributed by atoms with E-state index in [2.05, 4.69) is 23.6 Å². The molecule has 1 unspecified atom stereocenters. The second-order valence-electron chi connectivity index (χ2n) is 6.13. The maximum Gasteiger partial charge on any atom is 0.0594 e. The van der Waals surface area contributed by atoms with E-state index in [4.69, 9.17) is 10.5 Å². The summed E-state index contributed by atoms with van der Waals surface area (Å²) in [4.78, 5) is 5.16. The summed E-state index contributed by atoms with van der Waals surface area (Å²) in [6.07, 6.45) is 2.40. The molecule has 0 bridgehead atoms. The number of nitrogens with zero attached hydrogens (tertiary/aromatic N) is 2. The van der Waals surface area contributed by atoms with Gasteiger partial charge in [0.15, 0.2) is 0 Å². The van der Waals surface area contributed by atoms with Crippen LogP contribution >= 0.6 is 0 Å². The van der Waals surface area contributed by atoms with Gasteiger partial charge in [0.2, 0.25) is 0 Å². The van der Waals surface area contributed by atoms with Crippen molar-refractivity contribution in [1.82, 2.24) is 9.80 Å². The van der Waals surface area contributed by atoms with Crippen LogP contribution in [-0.2, 0) is 4.74 Å². The van der Waals surface area contributed by atoms with Crippen LogP contribution in [0.2, 0.25) is 0 Å². The van der Waals surface area contributed by atoms with Crippen molar-refractivity contribution >= 4 is 0 Å². The van der Waals surface area contributed by atoms with Gasteiger partial charge < -0.3 is 15.4 Å². The summed E-state index contributed by atoms with van der Waals surface area (Å²) in [6, 6.07) is 0.750. The highest BCUT2D eigenvalue weighted by Gasteiger charge is 2.28. The molecule has 0 spiro atoms. The lowest BCUT2D eigenvalue weighted by Crippen LogP contribution is -2.45. The van der Waals surface area contributed by atoms with E-state index in [0.29, 0.717) is 0 Å². The van der Waals surface area contributed by atoms with Gasteiger partial charge in [0.1, 0.15) is 0 Å². The number of hydrogen-bond donors (Lipinski definition) is 1. The zero-order chi connectivity index (χ0) is 12.3. The fraction of sp³-hybridized carbons (Fsp3) is 1.00. The summed E-state index contributed by atoms with van der Waals surface area (Å²) >= 11 is 0. The molecule has 0 aromatic carbocycles. The molecule has 2 heterocycles. The number of rotatable bonds is 4. The van der Waals surface area contributed by atoms with E-state index < -0.39 is 0 Å². The number of hydrogen-bond acceptors (Lipinski definition) is 4. The predicted octanol–water partition coefficient (Wildman–Crippen LogP) is 0.520. The monoisotopic (exact) mass is 241 g/mol. The van der Waals surface area contributed by atoms with Gasteiger partial charge in [0.25, 0.3) is 0 Å². The van der Waals surface area contributed by atoms with Crippen LogP contribution in [0.3, 0.4) is 0 Å². The van der Waals surface area contributed by atoms with E-state index in [1.807, 2.05) is 0 Å². The molecule has 2 rings (SSSR count). The van der Waals surface area contributed by atoms with Gasteiger partial charge in [-0.1, -0.05) is 0 Å². The summed E-state index contributed by atoms with van der Waals surface area (Å²) in [7, 11) is 0. The van der Waals surface area contributed by atoms with Crippen LogP contribution in [0.25, 0.3) is 0 Å². The first-order valence-electron chi connectivity index (χ1n) is 6.88. The van der Waals surface area contributed by atoms with Gasteiger partial charge in [-0.3, -0.25) is 4.90 Å². The molecular weight excluding hydrogens is 214 g/mol. The second kappa shape index (κ2) is 5.65. The Labute approximate surface area is 105 Å². The van der Waals surface area contributed by atoms with Gasteiger partial charge >= 0.3 is 0 Å². The third kappa shape index (κ3) is 4.21. The average Bonchev–Trinajstić information content (AvgIpc) is 2.75. The van der Waals surface area contributed by atoms with Crippen molar-refractivity contribution in [3.63, 3.8) is 0 Å². The van der Waals surface area contributed by atoms with Crippen LogP contribution in [-0.4, -0.2) is 67.3 Å². The number of ether oxygens (including phenoxy) is 1. The maximum absolute atomic E-state index is 6.04. The topological polar surface area (TPSA) is 41.7 Å². The molecule has 0 aromatic rings. The number of likely N-dealkylation sites (tertiary alicyclic amines) is 1. The Morgan fingerprint density at radius 3 is 2.59 bits per heavy atom. The molecule has 0 amide bonds. The molecule has 2 aliphatic rings. The molecule has 2 fully saturated rings. The number of morpholine rings is 1. The molecule has 0 saturated carbocycles. The third-order valence-electron chi connectivity index (χ3n) is 3.88. The van der Waals surface area contributed by atoms with Crippen molar-refractivity contribution in [3.8, 4) is 0 Å². The molecule has 17 heavy (non-hydrogen) atoms. The Hall–Kier alpha value is -0.160. The minimum atomic E-state index is -0.0307. The normalized spacial score (nSPS) is 28.8. The first-order chi connectivity index (χ1) is 8.04. The van der Waals surface area contributed by atoms with E-state index >= 15 is 0 Å². The molecule has 2 N–H and O–H groups in total. The molecule has 4 nitrogen and oxygen atoms in total. The van der Waals surface area contributed by atoms with E-state index in [1.54, 1.807) is 0 Å². The van der Waals surface area contributed by atoms with Crippen molar-refractivity contribution in [1.29, 1.82) is 0 Å². The van der Waals surface area contributed by atoms with Crippen LogP contribution < -0.4 is 5.73 Å². The Bertz CT molecular complexity index is 233. The Morgan fingerprint density at radius 2 is 1.94 bits per heavy atom. The van der Waals surface area contributed by atoms with E-state index in [9.17, 15) is 0 Å². The number of nitrogens with two attached hydrogens (primary N) is 1. The summed E-state index contributed by atoms with van der Waals surface area (Å²) < 4.78 is 5.41. The lowest BCUT2D eigenvalue weighted by molar-refractivity contribution is 0.0184. The molecule has 0 aromatic heterocycles. The van der Waals surface area contributed by atoms with Crippen molar-refractivity contribution in [2.45, 2.75) is 38.3 Å². The summed E-state index contributed by atoms with van der Waals surface area (Å²) in [6.45, 7) is 11.9. The first-order valence-corrected chi connectivity index (χ1v) is 6.88. The van der Waals surface area contributed by atoms with Gasteiger partial charge in [0, 0.05) is 31.2 Å². The fourth-order valence-electron chi connectivity index (χ4n) is 2.70. The van der Waals surface area contributed by atoms with Crippen LogP contribution in [0.15, 0.2) is 0 Å². The Balaban J connectivity index is 1.71. The highest BCUT2D eigenvalue weighted by atomic mass is 16.5. The molecule has 2 saturated heterocycles. The van der Waals surface area contributed by atoms with Crippen molar-refractivity contribution in [2.75, 3.05) is 45.9 Å². The molecular formula is C13H27N3O. The first kappa shape index (κ1) is 13.3. The maximum atomic E-state index is 6.04. The Morgan fingerprint density at radius 1 is 1.24 bits per heavy atom. The molecule has 0 radical (unpaired) electrons. The predicted molar refractivity (Wildman–Crippen MR) is 70.1 cm³/mol. The quantitative estimate of drug-likeness (QED) is 0.779. The molecule has 4 heteroatoms. The largest absolute Gasteiger partial charge is 0.379 e. The minimum absolute atomic E-state index is 0.0307. The molecule has 0 aliphatic carbocycles. The molecule has 2 aliphatic heterocycles. The van der Waals surface area contributed by atoms with Crippen LogP contribution in [0.5, 0.6) is 0 Å². The lowest BCUT2D eigenvalue weighted by atomic mass is 10.0. The van der Waals surface area contributed by atoms with Gasteiger partial charge in [0.05, 0.1) is 13.2 Å². The summed E-state index contributed by atoms with van der Waals surface area (Å²) in [5.74, 6) is 0. The van der Waals surface area contributed by atoms with Crippen LogP contribution in [0.1, 0.15) is 26.7 Å². The van der Waals surface area contributed by atoms with Gasteiger partial charge in [-0.25, -0.2) is 0 Å². The Kier molecular flexibility index (Phi) is 4.42. The smallest absolute Gasteiger partial charge is 0.0594 e. The van der Waals surface area contributed by atoms with E-state index in [1.165, 1.54) is 19.5 Å². The van der Waals surface area contributed by atoms with Gasteiger partial charge in [-0.15, -0.1) is 0 Å². The summed E-state index contributed by atoms with van der Waals surface area (Å²) in [5, 5.41) is 0. The minimum Gasteiger partial charge on any atom is -0.379 e. The highest BCUT2D eigenvalue weighted by Crippen LogP contribution is 2.18. The lowest BCUT2D eigenvalue weighted by Gasteiger charge is -2.32. The van der Waals surface area contributed by atoms with Crippen molar-refractivity contribution in [3.05, 3.63) is 0 Å². The second-order valence-corrected chi connectivity index (χ2v) is 6.13. The summed E-state index contributed by atoms with van der Waals surface area (Å²) in [5.41, 5.74) is 6.01. The fourth-order valence-corrected chi connectivity index (χ4v) is 2.70. The van der Waals surface area contributed by atoms with E-state index in [0.717, 1.165) is 45.3 Å². The standard InChI is InChI=1S/C13H27N3O/c1-13(2,14)4-6-15-5-3-12(11-15)16-7-9-17-10-8-16/h12H,3-11,14H2,1-2H3. The highest BCUT2D eigenvalue weighted by molar-refractivity contribution is 4.85. The SMILES string of the molecule is CC(C)(N)CCN1CCC(N2CCOCC2)C1. The van der Waals surface area contributed by atoms with Gasteiger partial charge in [-0.2, -0.15) is 0 Å². The van der Waals surface area contributed by atoms with Crippen molar-refractivity contribution < 1.29 is 4.74 Å². The zero-order valence-electron chi connectivity index (χ0n) is 11.3. The zero-order valence-corrected chi connectivity index (χ0v) is 11.3.